The van der Waals surface area contributed by atoms with Crippen LogP contribution in [-0.2, 0) is 9.59 Å². The van der Waals surface area contributed by atoms with Gasteiger partial charge in [-0.3, -0.25) is 9.59 Å². The van der Waals surface area contributed by atoms with E-state index in [0.29, 0.717) is 11.4 Å². The fourth-order valence-electron chi connectivity index (χ4n) is 2.10. The lowest BCUT2D eigenvalue weighted by molar-refractivity contribution is -0.133. The number of anilines is 2. The number of hydrogen-bond donors (Lipinski definition) is 0. The second kappa shape index (κ2) is 5.66. The van der Waals surface area contributed by atoms with Gasteiger partial charge < -0.3 is 0 Å². The van der Waals surface area contributed by atoms with Gasteiger partial charge >= 0.3 is 17.8 Å². The monoisotopic (exact) mass is 422 g/mol. The molecule has 0 radical (unpaired) electrons. The smallest absolute Gasteiger partial charge is 0.262 e. The van der Waals surface area contributed by atoms with Crippen LogP contribution >= 0.6 is 31.9 Å². The van der Waals surface area contributed by atoms with Gasteiger partial charge in [0.25, 0.3) is 0 Å². The highest BCUT2D eigenvalue weighted by Gasteiger charge is 2.46. The predicted octanol–water partition coefficient (Wildman–Crippen LogP) is 3.71. The SMILES string of the molecule is O=C1C(=O)N(c2ccc(Br)cc2)C(=O)N1c1ccc(Br)cc1. The Morgan fingerprint density at radius 3 is 1.23 bits per heavy atom. The van der Waals surface area contributed by atoms with Crippen molar-refractivity contribution >= 4 is 61.1 Å². The summed E-state index contributed by atoms with van der Waals surface area (Å²) in [6.07, 6.45) is 0. The Bertz CT molecular complexity index is 707. The van der Waals surface area contributed by atoms with E-state index in [4.69, 9.17) is 0 Å². The number of benzene rings is 2. The number of urea groups is 1. The van der Waals surface area contributed by atoms with Crippen molar-refractivity contribution in [2.24, 2.45) is 0 Å². The highest BCUT2D eigenvalue weighted by Crippen LogP contribution is 2.28. The Hall–Kier alpha value is -1.99. The summed E-state index contributed by atoms with van der Waals surface area (Å²) in [6.45, 7) is 0. The fourth-order valence-corrected chi connectivity index (χ4v) is 2.63. The second-order valence-corrected chi connectivity index (χ2v) is 6.35. The lowest BCUT2D eigenvalue weighted by atomic mass is 10.3. The lowest BCUT2D eigenvalue weighted by Crippen LogP contribution is -2.33. The zero-order valence-corrected chi connectivity index (χ0v) is 14.2. The molecule has 22 heavy (non-hydrogen) atoms. The number of nitrogens with zero attached hydrogens (tertiary/aromatic N) is 2. The van der Waals surface area contributed by atoms with E-state index in [9.17, 15) is 14.4 Å². The standard InChI is InChI=1S/C15H8Br2N2O3/c16-9-1-5-11(6-2-9)18-13(20)14(21)19(15(18)22)12-7-3-10(17)4-8-12/h1-8H. The summed E-state index contributed by atoms with van der Waals surface area (Å²) in [5.41, 5.74) is 0.706. The van der Waals surface area contributed by atoms with Crippen LogP contribution < -0.4 is 9.80 Å². The topological polar surface area (TPSA) is 57.7 Å². The van der Waals surface area contributed by atoms with Crippen molar-refractivity contribution in [3.63, 3.8) is 0 Å². The molecule has 0 aliphatic carbocycles. The van der Waals surface area contributed by atoms with E-state index in [0.717, 1.165) is 18.7 Å². The van der Waals surface area contributed by atoms with Gasteiger partial charge in [0.2, 0.25) is 0 Å². The molecule has 0 unspecified atom stereocenters. The third-order valence-corrected chi connectivity index (χ3v) is 4.20. The largest absolute Gasteiger partial charge is 0.343 e. The number of imide groups is 2. The molecule has 1 aliphatic heterocycles. The second-order valence-electron chi connectivity index (χ2n) is 4.52. The first-order chi connectivity index (χ1) is 10.5. The molecule has 0 bridgehead atoms. The zero-order valence-electron chi connectivity index (χ0n) is 11.0. The molecule has 4 amide bonds. The number of carbonyl (C=O) groups is 3. The van der Waals surface area contributed by atoms with Gasteiger partial charge in [0.05, 0.1) is 11.4 Å². The fraction of sp³-hybridized carbons (Fsp3) is 0. The molecule has 1 saturated heterocycles. The number of hydrogen-bond acceptors (Lipinski definition) is 3. The summed E-state index contributed by atoms with van der Waals surface area (Å²) in [6, 6.07) is 12.5. The van der Waals surface area contributed by atoms with Gasteiger partial charge in [-0.25, -0.2) is 14.6 Å². The van der Waals surface area contributed by atoms with Gasteiger partial charge in [-0.1, -0.05) is 31.9 Å². The minimum absolute atomic E-state index is 0.353. The minimum atomic E-state index is -0.866. The highest BCUT2D eigenvalue weighted by molar-refractivity contribution is 9.10. The van der Waals surface area contributed by atoms with E-state index in [1.54, 1.807) is 48.5 Å². The molecular weight excluding hydrogens is 416 g/mol. The van der Waals surface area contributed by atoms with E-state index in [-0.39, 0.29) is 0 Å². The molecule has 1 aliphatic rings. The maximum absolute atomic E-state index is 12.5. The van der Waals surface area contributed by atoms with Crippen LogP contribution in [0.2, 0.25) is 0 Å². The van der Waals surface area contributed by atoms with Crippen LogP contribution in [0.3, 0.4) is 0 Å². The van der Waals surface area contributed by atoms with Gasteiger partial charge in [-0.05, 0) is 48.5 Å². The van der Waals surface area contributed by atoms with Gasteiger partial charge in [0.1, 0.15) is 0 Å². The molecule has 3 rings (SSSR count). The van der Waals surface area contributed by atoms with Crippen LogP contribution in [0, 0.1) is 0 Å². The van der Waals surface area contributed by atoms with Crippen LogP contribution in [0.4, 0.5) is 16.2 Å². The molecule has 2 aromatic carbocycles. The van der Waals surface area contributed by atoms with Crippen molar-refractivity contribution in [2.45, 2.75) is 0 Å². The summed E-state index contributed by atoms with van der Waals surface area (Å²) >= 11 is 6.56. The maximum Gasteiger partial charge on any atom is 0.343 e. The predicted molar refractivity (Wildman–Crippen MR) is 88.7 cm³/mol. The number of carbonyl (C=O) groups excluding carboxylic acids is 3. The van der Waals surface area contributed by atoms with E-state index >= 15 is 0 Å². The summed E-state index contributed by atoms with van der Waals surface area (Å²) in [5.74, 6) is -1.73. The van der Waals surface area contributed by atoms with Gasteiger partial charge in [0.15, 0.2) is 0 Å². The third kappa shape index (κ3) is 2.46. The van der Waals surface area contributed by atoms with E-state index in [1.807, 2.05) is 0 Å². The molecule has 2 aromatic rings. The molecule has 110 valence electrons. The van der Waals surface area contributed by atoms with Crippen LogP contribution in [0.1, 0.15) is 0 Å². The normalized spacial score (nSPS) is 14.9. The average molecular weight is 424 g/mol. The minimum Gasteiger partial charge on any atom is -0.262 e. The molecule has 5 nitrogen and oxygen atoms in total. The summed E-state index contributed by atoms with van der Waals surface area (Å²) < 4.78 is 1.62. The van der Waals surface area contributed by atoms with Crippen molar-refractivity contribution in [3.05, 3.63) is 57.5 Å². The Labute approximate surface area is 142 Å². The summed E-state index contributed by atoms with van der Waals surface area (Å²) in [7, 11) is 0. The Morgan fingerprint density at radius 2 is 0.909 bits per heavy atom. The van der Waals surface area contributed by atoms with Crippen molar-refractivity contribution in [1.29, 1.82) is 0 Å². The summed E-state index contributed by atoms with van der Waals surface area (Å²) in [4.78, 5) is 38.5. The van der Waals surface area contributed by atoms with Gasteiger partial charge in [-0.2, -0.15) is 0 Å². The molecule has 7 heteroatoms. The number of amides is 4. The van der Waals surface area contributed by atoms with Gasteiger partial charge in [-0.15, -0.1) is 0 Å². The maximum atomic E-state index is 12.5. The van der Waals surface area contributed by atoms with Crippen molar-refractivity contribution in [1.82, 2.24) is 0 Å². The van der Waals surface area contributed by atoms with E-state index in [1.165, 1.54) is 0 Å². The van der Waals surface area contributed by atoms with Crippen LogP contribution in [0.25, 0.3) is 0 Å². The molecule has 0 N–H and O–H groups in total. The zero-order chi connectivity index (χ0) is 15.9. The van der Waals surface area contributed by atoms with E-state index in [2.05, 4.69) is 31.9 Å². The van der Waals surface area contributed by atoms with E-state index < -0.39 is 17.8 Å². The van der Waals surface area contributed by atoms with Crippen LogP contribution in [0.5, 0.6) is 0 Å². The van der Waals surface area contributed by atoms with Crippen molar-refractivity contribution in [3.8, 4) is 0 Å². The molecule has 0 atom stereocenters. The Kier molecular flexibility index (Phi) is 3.84. The van der Waals surface area contributed by atoms with Crippen molar-refractivity contribution < 1.29 is 14.4 Å². The number of halogens is 2. The molecule has 0 spiro atoms. The lowest BCUT2D eigenvalue weighted by Gasteiger charge is -2.15. The quantitative estimate of drug-likeness (QED) is 0.546. The molecular formula is C15H8Br2N2O3. The summed E-state index contributed by atoms with van der Waals surface area (Å²) in [5, 5.41) is 0. The van der Waals surface area contributed by atoms with Crippen molar-refractivity contribution in [2.75, 3.05) is 9.80 Å². The Balaban J connectivity index is 2.00. The molecule has 0 aromatic heterocycles. The van der Waals surface area contributed by atoms with Gasteiger partial charge in [0, 0.05) is 8.95 Å². The first-order valence-electron chi connectivity index (χ1n) is 6.22. The van der Waals surface area contributed by atoms with Crippen LogP contribution in [0.15, 0.2) is 57.5 Å². The third-order valence-electron chi connectivity index (χ3n) is 3.14. The Morgan fingerprint density at radius 1 is 0.591 bits per heavy atom. The first-order valence-corrected chi connectivity index (χ1v) is 7.81. The first kappa shape index (κ1) is 14.9. The highest BCUT2D eigenvalue weighted by atomic mass is 79.9. The van der Waals surface area contributed by atoms with Crippen LogP contribution in [-0.4, -0.2) is 17.8 Å². The molecule has 1 fully saturated rings. The average Bonchev–Trinajstić information content (AvgIpc) is 2.72. The molecule has 0 saturated carbocycles. The molecule has 1 heterocycles. The number of rotatable bonds is 2.